The maximum Gasteiger partial charge on any atom is 0.237 e. The average molecular weight is 305 g/mol. The van der Waals surface area contributed by atoms with E-state index in [1.807, 2.05) is 11.4 Å². The maximum atomic E-state index is 11.5. The molecular weight excluding hydrogens is 286 g/mol. The first-order valence-corrected chi connectivity index (χ1v) is 8.05. The Morgan fingerprint density at radius 3 is 2.90 bits per heavy atom. The minimum Gasteiger partial charge on any atom is -0.368 e. The van der Waals surface area contributed by atoms with Gasteiger partial charge in [0.05, 0.1) is 11.9 Å². The van der Waals surface area contributed by atoms with Gasteiger partial charge in [-0.25, -0.2) is 4.98 Å². The van der Waals surface area contributed by atoms with Crippen LogP contribution in [-0.2, 0) is 4.79 Å². The first-order valence-electron chi connectivity index (χ1n) is 7.17. The number of anilines is 2. The van der Waals surface area contributed by atoms with Crippen LogP contribution in [0.3, 0.4) is 0 Å². The van der Waals surface area contributed by atoms with Crippen LogP contribution < -0.4 is 16.0 Å². The number of primary amides is 1. The van der Waals surface area contributed by atoms with Gasteiger partial charge in [0.15, 0.2) is 0 Å². The Bertz CT molecular complexity index is 650. The van der Waals surface area contributed by atoms with Gasteiger partial charge in [-0.05, 0) is 24.3 Å². The third-order valence-electron chi connectivity index (χ3n) is 3.89. The smallest absolute Gasteiger partial charge is 0.237 e. The number of thiophene rings is 1. The fourth-order valence-corrected chi connectivity index (χ4v) is 3.69. The van der Waals surface area contributed by atoms with Crippen molar-refractivity contribution in [2.75, 3.05) is 23.8 Å². The highest BCUT2D eigenvalue weighted by Crippen LogP contribution is 2.33. The summed E-state index contributed by atoms with van der Waals surface area (Å²) in [5, 5.41) is 5.98. The standard InChI is InChI=1S/C14H19N5OS/c1-16-14-17-12(10-6-7-21-13(10)18-14)19(8-11(15)20)9-4-2-3-5-9/h6-7,9H,2-5,8H2,1H3,(H2,15,20)(H,16,17,18). The molecule has 1 fully saturated rings. The topological polar surface area (TPSA) is 84.1 Å². The number of nitrogens with two attached hydrogens (primary N) is 1. The van der Waals surface area contributed by atoms with Crippen molar-refractivity contribution in [1.82, 2.24) is 9.97 Å². The van der Waals surface area contributed by atoms with Crippen LogP contribution in [0.25, 0.3) is 10.2 Å². The monoisotopic (exact) mass is 305 g/mol. The quantitative estimate of drug-likeness (QED) is 0.882. The number of rotatable bonds is 5. The van der Waals surface area contributed by atoms with E-state index in [2.05, 4.69) is 20.2 Å². The lowest BCUT2D eigenvalue weighted by molar-refractivity contribution is -0.116. The van der Waals surface area contributed by atoms with Gasteiger partial charge < -0.3 is 16.0 Å². The van der Waals surface area contributed by atoms with Crippen LogP contribution in [0.4, 0.5) is 11.8 Å². The number of hydrogen-bond donors (Lipinski definition) is 2. The van der Waals surface area contributed by atoms with Gasteiger partial charge in [-0.1, -0.05) is 12.8 Å². The minimum absolute atomic E-state index is 0.204. The third-order valence-corrected chi connectivity index (χ3v) is 4.70. The second-order valence-electron chi connectivity index (χ2n) is 5.29. The lowest BCUT2D eigenvalue weighted by Gasteiger charge is -2.29. The molecule has 1 aliphatic carbocycles. The molecule has 0 aliphatic heterocycles. The summed E-state index contributed by atoms with van der Waals surface area (Å²) in [6.45, 7) is 0.204. The Morgan fingerprint density at radius 2 is 2.24 bits per heavy atom. The average Bonchev–Trinajstić information content (AvgIpc) is 3.14. The van der Waals surface area contributed by atoms with Crippen molar-refractivity contribution in [2.24, 2.45) is 5.73 Å². The number of aromatic nitrogens is 2. The summed E-state index contributed by atoms with van der Waals surface area (Å²) in [6.07, 6.45) is 4.54. The van der Waals surface area contributed by atoms with Crippen molar-refractivity contribution in [3.05, 3.63) is 11.4 Å². The molecule has 1 aliphatic rings. The minimum atomic E-state index is -0.324. The fourth-order valence-electron chi connectivity index (χ4n) is 2.93. The lowest BCUT2D eigenvalue weighted by Crippen LogP contribution is -2.41. The molecule has 3 rings (SSSR count). The number of nitrogens with one attached hydrogen (secondary N) is 1. The van der Waals surface area contributed by atoms with Crippen LogP contribution in [0.2, 0.25) is 0 Å². The van der Waals surface area contributed by atoms with Crippen molar-refractivity contribution in [2.45, 2.75) is 31.7 Å². The van der Waals surface area contributed by atoms with Gasteiger partial charge in [0, 0.05) is 13.1 Å². The highest BCUT2D eigenvalue weighted by molar-refractivity contribution is 7.16. The van der Waals surface area contributed by atoms with E-state index in [1.54, 1.807) is 18.4 Å². The maximum absolute atomic E-state index is 11.5. The van der Waals surface area contributed by atoms with E-state index in [9.17, 15) is 4.79 Å². The zero-order chi connectivity index (χ0) is 14.8. The van der Waals surface area contributed by atoms with Gasteiger partial charge in [0.1, 0.15) is 10.6 Å². The molecule has 7 heteroatoms. The van der Waals surface area contributed by atoms with E-state index in [0.717, 1.165) is 28.9 Å². The van der Waals surface area contributed by atoms with E-state index in [-0.39, 0.29) is 12.5 Å². The van der Waals surface area contributed by atoms with E-state index in [4.69, 9.17) is 5.73 Å². The Morgan fingerprint density at radius 1 is 1.48 bits per heavy atom. The molecule has 1 saturated carbocycles. The molecule has 0 aromatic carbocycles. The molecule has 6 nitrogen and oxygen atoms in total. The highest BCUT2D eigenvalue weighted by Gasteiger charge is 2.27. The van der Waals surface area contributed by atoms with Gasteiger partial charge in [0.25, 0.3) is 0 Å². The van der Waals surface area contributed by atoms with Crippen molar-refractivity contribution in [3.8, 4) is 0 Å². The second kappa shape index (κ2) is 5.85. The third kappa shape index (κ3) is 2.78. The molecule has 3 N–H and O–H groups in total. The van der Waals surface area contributed by atoms with Crippen LogP contribution in [-0.4, -0.2) is 35.5 Å². The van der Waals surface area contributed by atoms with Crippen molar-refractivity contribution in [3.63, 3.8) is 0 Å². The number of nitrogens with zero attached hydrogens (tertiary/aromatic N) is 3. The van der Waals surface area contributed by atoms with Gasteiger partial charge in [0.2, 0.25) is 11.9 Å². The van der Waals surface area contributed by atoms with E-state index in [1.165, 1.54) is 12.8 Å². The van der Waals surface area contributed by atoms with Gasteiger partial charge >= 0.3 is 0 Å². The number of fused-ring (bicyclic) bond motifs is 1. The zero-order valence-electron chi connectivity index (χ0n) is 12.0. The Hall–Kier alpha value is -1.89. The summed E-state index contributed by atoms with van der Waals surface area (Å²) in [5.41, 5.74) is 5.45. The highest BCUT2D eigenvalue weighted by atomic mass is 32.1. The Kier molecular flexibility index (Phi) is 3.92. The van der Waals surface area contributed by atoms with E-state index >= 15 is 0 Å². The molecule has 112 valence electrons. The molecule has 1 amide bonds. The van der Waals surface area contributed by atoms with Crippen molar-refractivity contribution >= 4 is 39.2 Å². The first-order chi connectivity index (χ1) is 10.2. The van der Waals surface area contributed by atoms with E-state index in [0.29, 0.717) is 12.0 Å². The predicted octanol–water partition coefficient (Wildman–Crippen LogP) is 1.97. The second-order valence-corrected chi connectivity index (χ2v) is 6.19. The Labute approximate surface area is 127 Å². The van der Waals surface area contributed by atoms with Gasteiger partial charge in [-0.15, -0.1) is 11.3 Å². The summed E-state index contributed by atoms with van der Waals surface area (Å²) in [7, 11) is 1.80. The molecule has 0 saturated heterocycles. The molecule has 0 bridgehead atoms. The molecule has 0 radical (unpaired) electrons. The molecule has 2 aromatic rings. The van der Waals surface area contributed by atoms with Crippen LogP contribution in [0.1, 0.15) is 25.7 Å². The van der Waals surface area contributed by atoms with Gasteiger partial charge in [-0.3, -0.25) is 4.79 Å². The first kappa shape index (κ1) is 14.1. The molecule has 0 spiro atoms. The van der Waals surface area contributed by atoms with Crippen LogP contribution >= 0.6 is 11.3 Å². The number of amides is 1. The van der Waals surface area contributed by atoms with E-state index < -0.39 is 0 Å². The zero-order valence-corrected chi connectivity index (χ0v) is 12.8. The summed E-state index contributed by atoms with van der Waals surface area (Å²) >= 11 is 1.58. The Balaban J connectivity index is 2.08. The molecule has 2 aromatic heterocycles. The number of carbonyl (C=O) groups is 1. The fraction of sp³-hybridized carbons (Fsp3) is 0.500. The predicted molar refractivity (Wildman–Crippen MR) is 85.8 cm³/mol. The summed E-state index contributed by atoms with van der Waals surface area (Å²) < 4.78 is 0. The van der Waals surface area contributed by atoms with Crippen LogP contribution in [0.5, 0.6) is 0 Å². The molecule has 21 heavy (non-hydrogen) atoms. The van der Waals surface area contributed by atoms with Crippen LogP contribution in [0, 0.1) is 0 Å². The number of carbonyl (C=O) groups excluding carboxylic acids is 1. The van der Waals surface area contributed by atoms with Crippen molar-refractivity contribution in [1.29, 1.82) is 0 Å². The molecule has 0 atom stereocenters. The van der Waals surface area contributed by atoms with Crippen LogP contribution in [0.15, 0.2) is 11.4 Å². The normalized spacial score (nSPS) is 15.5. The summed E-state index contributed by atoms with van der Waals surface area (Å²) in [4.78, 5) is 23.5. The lowest BCUT2D eigenvalue weighted by atomic mass is 10.2. The molecule has 2 heterocycles. The SMILES string of the molecule is CNc1nc(N(CC(N)=O)C2CCCC2)c2ccsc2n1. The van der Waals surface area contributed by atoms with Crippen molar-refractivity contribution < 1.29 is 4.79 Å². The largest absolute Gasteiger partial charge is 0.368 e. The summed E-state index contributed by atoms with van der Waals surface area (Å²) in [5.74, 6) is 1.07. The molecule has 0 unspecified atom stereocenters. The number of hydrogen-bond acceptors (Lipinski definition) is 6. The van der Waals surface area contributed by atoms with Gasteiger partial charge in [-0.2, -0.15) is 4.98 Å². The summed E-state index contributed by atoms with van der Waals surface area (Å²) in [6, 6.07) is 2.35. The molecular formula is C14H19N5OS.